The van der Waals surface area contributed by atoms with Crippen molar-refractivity contribution >= 4 is 12.0 Å². The first-order valence-electron chi connectivity index (χ1n) is 5.36. The maximum Gasteiger partial charge on any atom is 0.328 e. The van der Waals surface area contributed by atoms with Crippen LogP contribution >= 0.6 is 0 Å². The molecule has 4 heteroatoms. The molecule has 2 N–H and O–H groups in total. The molecule has 0 fully saturated rings. The minimum Gasteiger partial charge on any atom is -0.504 e. The Labute approximate surface area is 100 Å². The molecule has 1 aromatic carbocycles. The Morgan fingerprint density at radius 3 is 2.76 bits per heavy atom. The Bertz CT molecular complexity index is 421. The van der Waals surface area contributed by atoms with E-state index >= 15 is 0 Å². The number of carbonyl (C=O) groups is 1. The molecule has 0 unspecified atom stereocenters. The van der Waals surface area contributed by atoms with Crippen molar-refractivity contribution < 1.29 is 19.7 Å². The fraction of sp³-hybridized carbons (Fsp3) is 0.308. The van der Waals surface area contributed by atoms with E-state index in [0.29, 0.717) is 23.8 Å². The van der Waals surface area contributed by atoms with Crippen LogP contribution in [-0.2, 0) is 4.79 Å². The van der Waals surface area contributed by atoms with Crippen LogP contribution in [0, 0.1) is 5.92 Å². The summed E-state index contributed by atoms with van der Waals surface area (Å²) in [7, 11) is 0. The Morgan fingerprint density at radius 2 is 2.18 bits per heavy atom. The first-order valence-corrected chi connectivity index (χ1v) is 5.36. The second-order valence-corrected chi connectivity index (χ2v) is 4.07. The third kappa shape index (κ3) is 4.18. The highest BCUT2D eigenvalue weighted by Crippen LogP contribution is 2.30. The number of phenolic OH excluding ortho intramolecular Hbond substituents is 1. The second-order valence-electron chi connectivity index (χ2n) is 4.07. The van der Waals surface area contributed by atoms with Gasteiger partial charge in [-0.25, -0.2) is 4.79 Å². The molecule has 0 aliphatic rings. The zero-order chi connectivity index (χ0) is 12.8. The number of carboxylic acid groups (broad SMARTS) is 1. The number of carboxylic acids is 1. The van der Waals surface area contributed by atoms with Gasteiger partial charge in [0.1, 0.15) is 0 Å². The highest BCUT2D eigenvalue weighted by molar-refractivity contribution is 5.86. The van der Waals surface area contributed by atoms with E-state index in [1.807, 2.05) is 13.8 Å². The molecule has 0 saturated heterocycles. The predicted octanol–water partition coefficient (Wildman–Crippen LogP) is 2.52. The number of para-hydroxylation sites is 1. The molecule has 0 aliphatic carbocycles. The molecular weight excluding hydrogens is 220 g/mol. The number of aromatic hydroxyl groups is 1. The summed E-state index contributed by atoms with van der Waals surface area (Å²) < 4.78 is 5.41. The summed E-state index contributed by atoms with van der Waals surface area (Å²) in [5.74, 6) is -0.373. The van der Waals surface area contributed by atoms with Crippen LogP contribution in [0.3, 0.4) is 0 Å². The lowest BCUT2D eigenvalue weighted by atomic mass is 10.1. The summed E-state index contributed by atoms with van der Waals surface area (Å²) in [4.78, 5) is 10.4. The molecule has 0 spiro atoms. The summed E-state index contributed by atoms with van der Waals surface area (Å²) in [6, 6.07) is 4.98. The van der Waals surface area contributed by atoms with Gasteiger partial charge in [0.2, 0.25) is 0 Å². The first-order chi connectivity index (χ1) is 8.00. The van der Waals surface area contributed by atoms with E-state index in [4.69, 9.17) is 9.84 Å². The van der Waals surface area contributed by atoms with E-state index in [9.17, 15) is 9.90 Å². The lowest BCUT2D eigenvalue weighted by Gasteiger charge is -2.11. The van der Waals surface area contributed by atoms with Crippen molar-refractivity contribution in [1.82, 2.24) is 0 Å². The summed E-state index contributed by atoms with van der Waals surface area (Å²) in [5.41, 5.74) is 0.425. The molecule has 0 saturated carbocycles. The maximum absolute atomic E-state index is 10.4. The van der Waals surface area contributed by atoms with Gasteiger partial charge in [0, 0.05) is 11.6 Å². The van der Waals surface area contributed by atoms with Crippen molar-refractivity contribution in [2.24, 2.45) is 5.92 Å². The van der Waals surface area contributed by atoms with Crippen LogP contribution < -0.4 is 4.74 Å². The molecule has 1 rings (SSSR count). The lowest BCUT2D eigenvalue weighted by molar-refractivity contribution is -0.131. The van der Waals surface area contributed by atoms with Crippen LogP contribution in [0.1, 0.15) is 19.4 Å². The van der Waals surface area contributed by atoms with Crippen molar-refractivity contribution in [3.8, 4) is 11.5 Å². The third-order valence-electron chi connectivity index (χ3n) is 2.01. The predicted molar refractivity (Wildman–Crippen MR) is 65.1 cm³/mol. The largest absolute Gasteiger partial charge is 0.504 e. The number of hydrogen-bond donors (Lipinski definition) is 2. The Balaban J connectivity index is 2.87. The molecule has 0 aliphatic heterocycles. The fourth-order valence-electron chi connectivity index (χ4n) is 1.21. The molecule has 0 amide bonds. The highest BCUT2D eigenvalue weighted by atomic mass is 16.5. The molecule has 0 radical (unpaired) electrons. The van der Waals surface area contributed by atoms with E-state index in [2.05, 4.69) is 0 Å². The molecule has 92 valence electrons. The summed E-state index contributed by atoms with van der Waals surface area (Å²) in [5, 5.41) is 18.4. The van der Waals surface area contributed by atoms with Crippen molar-refractivity contribution in [3.05, 3.63) is 29.8 Å². The van der Waals surface area contributed by atoms with E-state index < -0.39 is 5.97 Å². The average molecular weight is 236 g/mol. The molecule has 4 nitrogen and oxygen atoms in total. The quantitative estimate of drug-likeness (QED) is 0.771. The van der Waals surface area contributed by atoms with Gasteiger partial charge in [-0.05, 0) is 18.1 Å². The van der Waals surface area contributed by atoms with Gasteiger partial charge in [-0.3, -0.25) is 0 Å². The van der Waals surface area contributed by atoms with Crippen LogP contribution in [0.4, 0.5) is 0 Å². The zero-order valence-electron chi connectivity index (χ0n) is 9.88. The van der Waals surface area contributed by atoms with E-state index in [1.165, 1.54) is 6.08 Å². The van der Waals surface area contributed by atoms with Crippen LogP contribution in [0.15, 0.2) is 24.3 Å². The van der Waals surface area contributed by atoms with Crippen molar-refractivity contribution in [2.45, 2.75) is 13.8 Å². The number of ether oxygens (including phenoxy) is 1. The van der Waals surface area contributed by atoms with Crippen molar-refractivity contribution in [1.29, 1.82) is 0 Å². The van der Waals surface area contributed by atoms with E-state index in [1.54, 1.807) is 18.2 Å². The maximum atomic E-state index is 10.4. The number of benzene rings is 1. The molecular formula is C13H16O4. The molecule has 0 aromatic heterocycles. The van der Waals surface area contributed by atoms with Gasteiger partial charge in [0.15, 0.2) is 11.5 Å². The zero-order valence-corrected chi connectivity index (χ0v) is 9.88. The smallest absolute Gasteiger partial charge is 0.328 e. The number of aliphatic carboxylic acids is 1. The van der Waals surface area contributed by atoms with Crippen LogP contribution in [0.5, 0.6) is 11.5 Å². The monoisotopic (exact) mass is 236 g/mol. The van der Waals surface area contributed by atoms with Gasteiger partial charge >= 0.3 is 5.97 Å². The average Bonchev–Trinajstić information content (AvgIpc) is 2.25. The van der Waals surface area contributed by atoms with E-state index in [0.717, 1.165) is 6.08 Å². The minimum absolute atomic E-state index is 0.0364. The topological polar surface area (TPSA) is 66.8 Å². The second kappa shape index (κ2) is 5.94. The molecule has 0 atom stereocenters. The van der Waals surface area contributed by atoms with Crippen LogP contribution in [0.25, 0.3) is 6.08 Å². The minimum atomic E-state index is -1.06. The number of phenols is 1. The van der Waals surface area contributed by atoms with Crippen LogP contribution in [-0.4, -0.2) is 22.8 Å². The lowest BCUT2D eigenvalue weighted by Crippen LogP contribution is -2.04. The molecule has 0 bridgehead atoms. The highest BCUT2D eigenvalue weighted by Gasteiger charge is 2.07. The van der Waals surface area contributed by atoms with Gasteiger partial charge in [-0.1, -0.05) is 26.0 Å². The normalized spacial score (nSPS) is 11.0. The standard InChI is InChI=1S/C13H16O4/c1-9(2)8-17-11-5-3-4-10(13(11)16)6-7-12(14)15/h3-7,9,16H,8H2,1-2H3,(H,14,15)/b7-6+. The Morgan fingerprint density at radius 1 is 1.47 bits per heavy atom. The summed E-state index contributed by atoms with van der Waals surface area (Å²) in [6.07, 6.45) is 2.31. The van der Waals surface area contributed by atoms with Gasteiger partial charge in [-0.15, -0.1) is 0 Å². The number of rotatable bonds is 5. The van der Waals surface area contributed by atoms with Crippen molar-refractivity contribution in [3.63, 3.8) is 0 Å². The van der Waals surface area contributed by atoms with Gasteiger partial charge in [0.25, 0.3) is 0 Å². The molecule has 0 heterocycles. The molecule has 17 heavy (non-hydrogen) atoms. The van der Waals surface area contributed by atoms with Gasteiger partial charge in [0.05, 0.1) is 6.61 Å². The van der Waals surface area contributed by atoms with Gasteiger partial charge in [-0.2, -0.15) is 0 Å². The third-order valence-corrected chi connectivity index (χ3v) is 2.01. The number of hydrogen-bond acceptors (Lipinski definition) is 3. The first kappa shape index (κ1) is 13.1. The van der Waals surface area contributed by atoms with Crippen LogP contribution in [0.2, 0.25) is 0 Å². The Hall–Kier alpha value is -1.97. The van der Waals surface area contributed by atoms with Crippen molar-refractivity contribution in [2.75, 3.05) is 6.61 Å². The SMILES string of the molecule is CC(C)COc1cccc(/C=C/C(=O)O)c1O. The summed E-state index contributed by atoms with van der Waals surface area (Å²) in [6.45, 7) is 4.51. The van der Waals surface area contributed by atoms with E-state index in [-0.39, 0.29) is 5.75 Å². The summed E-state index contributed by atoms with van der Waals surface area (Å²) >= 11 is 0. The van der Waals surface area contributed by atoms with Gasteiger partial charge < -0.3 is 14.9 Å². The fourth-order valence-corrected chi connectivity index (χ4v) is 1.21. The Kier molecular flexibility index (Phi) is 4.57. The molecule has 1 aromatic rings.